The highest BCUT2D eigenvalue weighted by Gasteiger charge is 2.19. The summed E-state index contributed by atoms with van der Waals surface area (Å²) in [5, 5.41) is 3.52. The number of hydrogen-bond acceptors (Lipinski definition) is 2. The molecular weight excluding hydrogens is 210 g/mol. The number of aryl methyl sites for hydroxylation is 1. The van der Waals surface area contributed by atoms with Crippen LogP contribution in [0.4, 0.5) is 0 Å². The standard InChI is InChI=1S/C14H19N3/c1-11-5-4-7-13-10-16-14(17(11)13)12-6-2-3-8-15-9-12/h4-5,7,10,12,15H,2-3,6,8-9H2,1H3. The lowest BCUT2D eigenvalue weighted by Crippen LogP contribution is -2.21. The van der Waals surface area contributed by atoms with Gasteiger partial charge in [0.1, 0.15) is 5.82 Å². The average Bonchev–Trinajstić information content (AvgIpc) is 2.59. The highest BCUT2D eigenvalue weighted by atomic mass is 15.0. The van der Waals surface area contributed by atoms with E-state index in [1.807, 2.05) is 6.20 Å². The van der Waals surface area contributed by atoms with E-state index < -0.39 is 0 Å². The van der Waals surface area contributed by atoms with Crippen LogP contribution < -0.4 is 5.32 Å². The maximum atomic E-state index is 4.64. The lowest BCUT2D eigenvalue weighted by atomic mass is 10.0. The summed E-state index contributed by atoms with van der Waals surface area (Å²) in [5.74, 6) is 1.79. The summed E-state index contributed by atoms with van der Waals surface area (Å²) in [6.07, 6.45) is 5.84. The summed E-state index contributed by atoms with van der Waals surface area (Å²) in [7, 11) is 0. The van der Waals surface area contributed by atoms with Crippen LogP contribution in [0.3, 0.4) is 0 Å². The van der Waals surface area contributed by atoms with Gasteiger partial charge in [0, 0.05) is 18.2 Å². The molecule has 1 N–H and O–H groups in total. The maximum Gasteiger partial charge on any atom is 0.117 e. The third kappa shape index (κ3) is 1.95. The van der Waals surface area contributed by atoms with Gasteiger partial charge in [-0.1, -0.05) is 12.5 Å². The van der Waals surface area contributed by atoms with Crippen molar-refractivity contribution in [3.05, 3.63) is 35.9 Å². The van der Waals surface area contributed by atoms with Crippen LogP contribution in [0.25, 0.3) is 5.52 Å². The maximum absolute atomic E-state index is 4.64. The minimum atomic E-state index is 0.557. The van der Waals surface area contributed by atoms with Crippen LogP contribution in [0.15, 0.2) is 24.4 Å². The van der Waals surface area contributed by atoms with Gasteiger partial charge < -0.3 is 9.72 Å². The molecule has 0 radical (unpaired) electrons. The summed E-state index contributed by atoms with van der Waals surface area (Å²) < 4.78 is 2.30. The van der Waals surface area contributed by atoms with Crippen molar-refractivity contribution < 1.29 is 0 Å². The van der Waals surface area contributed by atoms with Gasteiger partial charge in [0.2, 0.25) is 0 Å². The molecule has 0 saturated carbocycles. The van der Waals surface area contributed by atoms with Crippen molar-refractivity contribution >= 4 is 5.52 Å². The van der Waals surface area contributed by atoms with Crippen molar-refractivity contribution in [3.8, 4) is 0 Å². The Bertz CT molecular complexity index is 507. The number of nitrogens with zero attached hydrogens (tertiary/aromatic N) is 2. The summed E-state index contributed by atoms with van der Waals surface area (Å²) in [6, 6.07) is 6.39. The molecule has 3 heterocycles. The normalized spacial score (nSPS) is 21.6. The van der Waals surface area contributed by atoms with E-state index in [2.05, 4.69) is 39.8 Å². The SMILES string of the molecule is Cc1cccc2cnc(C3CCCCNC3)n12. The van der Waals surface area contributed by atoms with Gasteiger partial charge in [-0.05, 0) is 38.4 Å². The second-order valence-electron chi connectivity index (χ2n) is 4.94. The number of hydrogen-bond donors (Lipinski definition) is 1. The Morgan fingerprint density at radius 2 is 2.29 bits per heavy atom. The molecule has 3 nitrogen and oxygen atoms in total. The molecule has 0 spiro atoms. The van der Waals surface area contributed by atoms with E-state index in [9.17, 15) is 0 Å². The predicted octanol–water partition coefficient (Wildman–Crippen LogP) is 2.50. The smallest absolute Gasteiger partial charge is 0.117 e. The van der Waals surface area contributed by atoms with Crippen molar-refractivity contribution in [2.75, 3.05) is 13.1 Å². The zero-order valence-corrected chi connectivity index (χ0v) is 10.3. The molecule has 1 aliphatic heterocycles. The van der Waals surface area contributed by atoms with Crippen LogP contribution in [0, 0.1) is 6.92 Å². The summed E-state index contributed by atoms with van der Waals surface area (Å²) >= 11 is 0. The van der Waals surface area contributed by atoms with E-state index in [0.717, 1.165) is 13.1 Å². The van der Waals surface area contributed by atoms with Crippen LogP contribution in [0.2, 0.25) is 0 Å². The molecule has 3 heteroatoms. The highest BCUT2D eigenvalue weighted by molar-refractivity contribution is 5.47. The van der Waals surface area contributed by atoms with Gasteiger partial charge in [-0.3, -0.25) is 0 Å². The molecule has 90 valence electrons. The Hall–Kier alpha value is -1.35. The second kappa shape index (κ2) is 4.49. The number of fused-ring (bicyclic) bond motifs is 1. The monoisotopic (exact) mass is 229 g/mol. The Labute approximate surface area is 102 Å². The van der Waals surface area contributed by atoms with Crippen LogP contribution in [0.1, 0.15) is 36.7 Å². The summed E-state index contributed by atoms with van der Waals surface area (Å²) in [5.41, 5.74) is 2.49. The zero-order chi connectivity index (χ0) is 11.7. The van der Waals surface area contributed by atoms with Crippen LogP contribution in [-0.2, 0) is 0 Å². The predicted molar refractivity (Wildman–Crippen MR) is 69.4 cm³/mol. The van der Waals surface area contributed by atoms with E-state index in [-0.39, 0.29) is 0 Å². The van der Waals surface area contributed by atoms with Crippen LogP contribution >= 0.6 is 0 Å². The molecule has 0 amide bonds. The molecule has 1 atom stereocenters. The van der Waals surface area contributed by atoms with E-state index >= 15 is 0 Å². The Morgan fingerprint density at radius 1 is 1.35 bits per heavy atom. The van der Waals surface area contributed by atoms with E-state index in [0.29, 0.717) is 5.92 Å². The van der Waals surface area contributed by atoms with Gasteiger partial charge in [0.05, 0.1) is 11.7 Å². The van der Waals surface area contributed by atoms with E-state index in [1.54, 1.807) is 0 Å². The summed E-state index contributed by atoms with van der Waals surface area (Å²) in [6.45, 7) is 4.37. The number of aromatic nitrogens is 2. The first-order valence-corrected chi connectivity index (χ1v) is 6.50. The Kier molecular flexibility index (Phi) is 2.85. The first-order chi connectivity index (χ1) is 8.36. The largest absolute Gasteiger partial charge is 0.316 e. The van der Waals surface area contributed by atoms with Gasteiger partial charge >= 0.3 is 0 Å². The fourth-order valence-corrected chi connectivity index (χ4v) is 2.77. The Balaban J connectivity index is 2.04. The minimum absolute atomic E-state index is 0.557. The summed E-state index contributed by atoms with van der Waals surface area (Å²) in [4.78, 5) is 4.64. The number of rotatable bonds is 1. The number of imidazole rings is 1. The zero-order valence-electron chi connectivity index (χ0n) is 10.3. The van der Waals surface area contributed by atoms with E-state index in [4.69, 9.17) is 0 Å². The molecule has 17 heavy (non-hydrogen) atoms. The molecule has 0 aromatic carbocycles. The van der Waals surface area contributed by atoms with Crippen LogP contribution in [-0.4, -0.2) is 22.5 Å². The lowest BCUT2D eigenvalue weighted by Gasteiger charge is -2.14. The minimum Gasteiger partial charge on any atom is -0.316 e. The third-order valence-electron chi connectivity index (χ3n) is 3.69. The molecule has 2 aromatic rings. The Morgan fingerprint density at radius 3 is 3.24 bits per heavy atom. The quantitative estimate of drug-likeness (QED) is 0.814. The van der Waals surface area contributed by atoms with Gasteiger partial charge in [-0.25, -0.2) is 4.98 Å². The molecule has 1 unspecified atom stereocenters. The number of pyridine rings is 1. The molecule has 0 bridgehead atoms. The fraction of sp³-hybridized carbons (Fsp3) is 0.500. The average molecular weight is 229 g/mol. The topological polar surface area (TPSA) is 29.3 Å². The van der Waals surface area contributed by atoms with Gasteiger partial charge in [-0.2, -0.15) is 0 Å². The van der Waals surface area contributed by atoms with Crippen molar-refractivity contribution in [1.82, 2.24) is 14.7 Å². The van der Waals surface area contributed by atoms with Gasteiger partial charge in [0.15, 0.2) is 0 Å². The van der Waals surface area contributed by atoms with Crippen molar-refractivity contribution in [3.63, 3.8) is 0 Å². The molecule has 1 aliphatic rings. The van der Waals surface area contributed by atoms with Crippen LogP contribution in [0.5, 0.6) is 0 Å². The second-order valence-corrected chi connectivity index (χ2v) is 4.94. The molecule has 1 fully saturated rings. The van der Waals surface area contributed by atoms with E-state index in [1.165, 1.54) is 36.3 Å². The molecule has 2 aromatic heterocycles. The first kappa shape index (κ1) is 10.8. The lowest BCUT2D eigenvalue weighted by molar-refractivity contribution is 0.574. The molecule has 0 aliphatic carbocycles. The number of nitrogens with one attached hydrogen (secondary N) is 1. The van der Waals surface area contributed by atoms with Crippen molar-refractivity contribution in [1.29, 1.82) is 0 Å². The molecule has 1 saturated heterocycles. The molecular formula is C14H19N3. The fourth-order valence-electron chi connectivity index (χ4n) is 2.77. The van der Waals surface area contributed by atoms with Crippen molar-refractivity contribution in [2.45, 2.75) is 32.1 Å². The van der Waals surface area contributed by atoms with Gasteiger partial charge in [0.25, 0.3) is 0 Å². The first-order valence-electron chi connectivity index (χ1n) is 6.50. The van der Waals surface area contributed by atoms with Crippen molar-refractivity contribution in [2.24, 2.45) is 0 Å². The van der Waals surface area contributed by atoms with Gasteiger partial charge in [-0.15, -0.1) is 0 Å². The molecule has 3 rings (SSSR count). The third-order valence-corrected chi connectivity index (χ3v) is 3.69. The highest BCUT2D eigenvalue weighted by Crippen LogP contribution is 2.24.